The summed E-state index contributed by atoms with van der Waals surface area (Å²) in [5.41, 5.74) is 2.74. The number of rotatable bonds is 3. The number of benzene rings is 2. The summed E-state index contributed by atoms with van der Waals surface area (Å²) in [4.78, 5) is 27.5. The summed E-state index contributed by atoms with van der Waals surface area (Å²) >= 11 is 0. The number of carbonyl (C=O) groups excluding carboxylic acids is 2. The minimum Gasteiger partial charge on any atom is -0.338 e. The molecule has 0 radical (unpaired) electrons. The molecule has 4 rings (SSSR count). The first kappa shape index (κ1) is 16.8. The second-order valence-corrected chi connectivity index (χ2v) is 7.26. The van der Waals surface area contributed by atoms with Crippen LogP contribution in [0.4, 0.5) is 5.69 Å². The fourth-order valence-corrected chi connectivity index (χ4v) is 3.95. The van der Waals surface area contributed by atoms with Gasteiger partial charge in [0.2, 0.25) is 0 Å². The van der Waals surface area contributed by atoms with Gasteiger partial charge in [0.1, 0.15) is 0 Å². The lowest BCUT2D eigenvalue weighted by Gasteiger charge is -2.19. The van der Waals surface area contributed by atoms with Crippen LogP contribution in [0.3, 0.4) is 0 Å². The molecule has 5 heteroatoms. The van der Waals surface area contributed by atoms with Crippen LogP contribution in [-0.2, 0) is 0 Å². The average Bonchev–Trinajstić information content (AvgIpc) is 3.23. The third-order valence-electron chi connectivity index (χ3n) is 5.36. The number of para-hydroxylation sites is 1. The average molecular weight is 349 g/mol. The number of nitrogens with zero attached hydrogens (tertiary/aromatic N) is 1. The number of fused-ring (bicyclic) bond motifs is 1. The molecular formula is C21H23N3O2. The molecule has 0 saturated carbocycles. The van der Waals surface area contributed by atoms with Crippen molar-refractivity contribution in [2.45, 2.75) is 6.92 Å². The van der Waals surface area contributed by atoms with E-state index in [9.17, 15) is 9.59 Å². The van der Waals surface area contributed by atoms with E-state index in [1.807, 2.05) is 42.2 Å². The molecule has 0 bridgehead atoms. The minimum absolute atomic E-state index is 0.000424. The maximum atomic E-state index is 13.0. The summed E-state index contributed by atoms with van der Waals surface area (Å²) in [6, 6.07) is 14.7. The molecule has 0 unspecified atom stereocenters. The van der Waals surface area contributed by atoms with E-state index in [0.717, 1.165) is 31.7 Å². The molecule has 0 spiro atoms. The zero-order chi connectivity index (χ0) is 18.1. The Hall–Kier alpha value is -2.66. The molecule has 2 aliphatic heterocycles. The van der Waals surface area contributed by atoms with Crippen molar-refractivity contribution in [3.8, 4) is 0 Å². The number of hydrogen-bond acceptors (Lipinski definition) is 3. The number of likely N-dealkylation sites (tertiary alicyclic amines) is 1. The Labute approximate surface area is 153 Å². The third kappa shape index (κ3) is 3.22. The largest absolute Gasteiger partial charge is 0.338 e. The van der Waals surface area contributed by atoms with E-state index in [1.165, 1.54) is 0 Å². The van der Waals surface area contributed by atoms with Crippen LogP contribution in [0.15, 0.2) is 48.5 Å². The van der Waals surface area contributed by atoms with Crippen molar-refractivity contribution in [3.63, 3.8) is 0 Å². The first-order valence-electron chi connectivity index (χ1n) is 9.09. The zero-order valence-corrected chi connectivity index (χ0v) is 14.9. The molecule has 2 heterocycles. The monoisotopic (exact) mass is 349 g/mol. The standard InChI is InChI=1S/C21H23N3O2/c1-14-5-4-6-15(9-14)20(25)23-19-8-3-2-7-18(19)21(26)24-12-16-10-22-11-17(16)13-24/h2-9,16-17,22H,10-13H2,1H3,(H,23,25)/t16-,17+. The van der Waals surface area contributed by atoms with Crippen molar-refractivity contribution in [1.82, 2.24) is 10.2 Å². The van der Waals surface area contributed by atoms with E-state index < -0.39 is 0 Å². The van der Waals surface area contributed by atoms with Crippen molar-refractivity contribution in [1.29, 1.82) is 0 Å². The summed E-state index contributed by atoms with van der Waals surface area (Å²) < 4.78 is 0. The van der Waals surface area contributed by atoms with E-state index in [2.05, 4.69) is 10.6 Å². The van der Waals surface area contributed by atoms with Crippen LogP contribution in [0.2, 0.25) is 0 Å². The van der Waals surface area contributed by atoms with Crippen LogP contribution in [0, 0.1) is 18.8 Å². The number of hydrogen-bond donors (Lipinski definition) is 2. The fourth-order valence-electron chi connectivity index (χ4n) is 3.95. The first-order chi connectivity index (χ1) is 12.6. The number of aryl methyl sites for hydroxylation is 1. The zero-order valence-electron chi connectivity index (χ0n) is 14.9. The Morgan fingerprint density at radius 1 is 1.04 bits per heavy atom. The number of carbonyl (C=O) groups is 2. The third-order valence-corrected chi connectivity index (χ3v) is 5.36. The Morgan fingerprint density at radius 3 is 2.50 bits per heavy atom. The van der Waals surface area contributed by atoms with Gasteiger partial charge >= 0.3 is 0 Å². The van der Waals surface area contributed by atoms with Gasteiger partial charge in [0.15, 0.2) is 0 Å². The van der Waals surface area contributed by atoms with Crippen LogP contribution in [0.1, 0.15) is 26.3 Å². The molecule has 134 valence electrons. The van der Waals surface area contributed by atoms with Gasteiger partial charge < -0.3 is 15.5 Å². The highest BCUT2D eigenvalue weighted by atomic mass is 16.2. The molecule has 2 aromatic carbocycles. The molecule has 0 aliphatic carbocycles. The maximum Gasteiger partial charge on any atom is 0.255 e. The second kappa shape index (κ2) is 6.92. The topological polar surface area (TPSA) is 61.4 Å². The molecule has 2 amide bonds. The number of amides is 2. The summed E-state index contributed by atoms with van der Waals surface area (Å²) in [7, 11) is 0. The van der Waals surface area contributed by atoms with E-state index >= 15 is 0 Å². The Morgan fingerprint density at radius 2 is 1.77 bits per heavy atom. The Bertz CT molecular complexity index is 837. The molecule has 2 N–H and O–H groups in total. The normalized spacial score (nSPS) is 21.5. The van der Waals surface area contributed by atoms with Crippen molar-refractivity contribution in [3.05, 3.63) is 65.2 Å². The lowest BCUT2D eigenvalue weighted by molar-refractivity contribution is 0.0782. The quantitative estimate of drug-likeness (QED) is 0.895. The smallest absolute Gasteiger partial charge is 0.255 e. The van der Waals surface area contributed by atoms with Gasteiger partial charge in [-0.25, -0.2) is 0 Å². The van der Waals surface area contributed by atoms with Gasteiger partial charge in [-0.05, 0) is 43.0 Å². The predicted octanol–water partition coefficient (Wildman–Crippen LogP) is 2.54. The van der Waals surface area contributed by atoms with Crippen LogP contribution >= 0.6 is 0 Å². The van der Waals surface area contributed by atoms with E-state index in [-0.39, 0.29) is 11.8 Å². The predicted molar refractivity (Wildman–Crippen MR) is 101 cm³/mol. The van der Waals surface area contributed by atoms with Crippen LogP contribution in [0.5, 0.6) is 0 Å². The first-order valence-corrected chi connectivity index (χ1v) is 9.09. The van der Waals surface area contributed by atoms with E-state index in [4.69, 9.17) is 0 Å². The number of nitrogens with one attached hydrogen (secondary N) is 2. The van der Waals surface area contributed by atoms with Gasteiger partial charge in [-0.15, -0.1) is 0 Å². The van der Waals surface area contributed by atoms with Crippen LogP contribution in [0.25, 0.3) is 0 Å². The van der Waals surface area contributed by atoms with Gasteiger partial charge in [0, 0.05) is 31.7 Å². The molecular weight excluding hydrogens is 326 g/mol. The van der Waals surface area contributed by atoms with Gasteiger partial charge in [0.25, 0.3) is 11.8 Å². The molecule has 5 nitrogen and oxygen atoms in total. The summed E-state index contributed by atoms with van der Waals surface area (Å²) in [5.74, 6) is 0.900. The number of anilines is 1. The fraction of sp³-hybridized carbons (Fsp3) is 0.333. The molecule has 2 saturated heterocycles. The highest BCUT2D eigenvalue weighted by Crippen LogP contribution is 2.29. The molecule has 2 atom stereocenters. The van der Waals surface area contributed by atoms with E-state index in [0.29, 0.717) is 28.7 Å². The van der Waals surface area contributed by atoms with Gasteiger partial charge in [-0.1, -0.05) is 29.8 Å². The molecule has 2 aliphatic rings. The lowest BCUT2D eigenvalue weighted by atomic mass is 10.0. The lowest BCUT2D eigenvalue weighted by Crippen LogP contribution is -2.32. The van der Waals surface area contributed by atoms with Crippen molar-refractivity contribution in [2.75, 3.05) is 31.5 Å². The highest BCUT2D eigenvalue weighted by molar-refractivity contribution is 6.09. The summed E-state index contributed by atoms with van der Waals surface area (Å²) in [6.45, 7) is 5.50. The molecule has 2 aromatic rings. The van der Waals surface area contributed by atoms with Gasteiger partial charge in [0.05, 0.1) is 11.3 Å². The Kier molecular flexibility index (Phi) is 4.47. The highest BCUT2D eigenvalue weighted by Gasteiger charge is 2.38. The SMILES string of the molecule is Cc1cccc(C(=O)Nc2ccccc2C(=O)N2C[C@H]3CNC[C@H]3C2)c1. The summed E-state index contributed by atoms with van der Waals surface area (Å²) in [6.07, 6.45) is 0. The molecule has 2 fully saturated rings. The Balaban J connectivity index is 1.53. The van der Waals surface area contributed by atoms with Gasteiger partial charge in [-0.3, -0.25) is 9.59 Å². The maximum absolute atomic E-state index is 13.0. The van der Waals surface area contributed by atoms with Gasteiger partial charge in [-0.2, -0.15) is 0 Å². The van der Waals surface area contributed by atoms with Crippen molar-refractivity contribution < 1.29 is 9.59 Å². The summed E-state index contributed by atoms with van der Waals surface area (Å²) in [5, 5.41) is 6.30. The van der Waals surface area contributed by atoms with Crippen LogP contribution in [-0.4, -0.2) is 42.9 Å². The van der Waals surface area contributed by atoms with E-state index in [1.54, 1.807) is 18.2 Å². The molecule has 0 aromatic heterocycles. The second-order valence-electron chi connectivity index (χ2n) is 7.26. The minimum atomic E-state index is -0.198. The van der Waals surface area contributed by atoms with Crippen molar-refractivity contribution >= 4 is 17.5 Å². The molecule has 26 heavy (non-hydrogen) atoms. The van der Waals surface area contributed by atoms with Crippen LogP contribution < -0.4 is 10.6 Å². The van der Waals surface area contributed by atoms with Crippen molar-refractivity contribution in [2.24, 2.45) is 11.8 Å².